The van der Waals surface area contributed by atoms with Gasteiger partial charge in [0, 0.05) is 47.1 Å². The fourth-order valence-corrected chi connectivity index (χ4v) is 6.46. The van der Waals surface area contributed by atoms with Crippen LogP contribution in [0.5, 0.6) is 5.75 Å². The van der Waals surface area contributed by atoms with E-state index in [1.165, 1.54) is 6.07 Å². The third-order valence-corrected chi connectivity index (χ3v) is 8.87. The Morgan fingerprint density at radius 3 is 2.24 bits per heavy atom. The van der Waals surface area contributed by atoms with E-state index in [1.54, 1.807) is 46.6 Å². The van der Waals surface area contributed by atoms with Crippen LogP contribution in [-0.2, 0) is 10.8 Å². The molecule has 42 heavy (non-hydrogen) atoms. The third-order valence-electron chi connectivity index (χ3n) is 7.86. The molecule has 3 heterocycles. The lowest BCUT2D eigenvalue weighted by Crippen LogP contribution is -2.37. The Balaban J connectivity index is 1.30. The van der Waals surface area contributed by atoms with Gasteiger partial charge in [0.2, 0.25) is 0 Å². The molecule has 0 saturated carbocycles. The average molecular weight is 588 g/mol. The zero-order chi connectivity index (χ0) is 30.4. The smallest absolute Gasteiger partial charge is 0.289 e. The van der Waals surface area contributed by atoms with Crippen LogP contribution in [0.15, 0.2) is 58.3 Å². The number of benzene rings is 2. The van der Waals surface area contributed by atoms with Gasteiger partial charge in [-0.15, -0.1) is 11.3 Å². The van der Waals surface area contributed by atoms with E-state index in [0.29, 0.717) is 30.2 Å². The van der Waals surface area contributed by atoms with Gasteiger partial charge in [-0.1, -0.05) is 53.7 Å². The molecule has 4 aromatic rings. The van der Waals surface area contributed by atoms with Gasteiger partial charge >= 0.3 is 0 Å². The number of nitro benzene ring substituents is 1. The number of piperidine rings is 1. The van der Waals surface area contributed by atoms with Crippen molar-refractivity contribution in [2.45, 2.75) is 71.1 Å². The lowest BCUT2D eigenvalue weighted by atomic mass is 9.78. The Morgan fingerprint density at radius 2 is 1.64 bits per heavy atom. The molecular formula is C33H37N3O5S. The summed E-state index contributed by atoms with van der Waals surface area (Å²) in [5, 5.41) is 25.7. The first-order valence-electron chi connectivity index (χ1n) is 14.2. The fourth-order valence-electron chi connectivity index (χ4n) is 5.46. The second-order valence-electron chi connectivity index (χ2n) is 13.0. The number of carbonyl (C=O) groups excluding carboxylic acids is 1. The predicted octanol–water partition coefficient (Wildman–Crippen LogP) is 8.30. The number of thiazole rings is 1. The number of aromatic nitrogens is 1. The van der Waals surface area contributed by atoms with E-state index >= 15 is 0 Å². The van der Waals surface area contributed by atoms with Crippen molar-refractivity contribution in [2.24, 2.45) is 0 Å². The number of hydrogen-bond donors (Lipinski definition) is 1. The quantitative estimate of drug-likeness (QED) is 0.186. The van der Waals surface area contributed by atoms with Gasteiger partial charge in [-0.05, 0) is 54.0 Å². The van der Waals surface area contributed by atoms with Crippen molar-refractivity contribution in [1.29, 1.82) is 0 Å². The minimum absolute atomic E-state index is 0.0638. The van der Waals surface area contributed by atoms with Crippen LogP contribution in [0.4, 0.5) is 5.69 Å². The van der Waals surface area contributed by atoms with E-state index in [0.717, 1.165) is 40.2 Å². The highest BCUT2D eigenvalue weighted by Crippen LogP contribution is 2.43. The summed E-state index contributed by atoms with van der Waals surface area (Å²) in [4.78, 5) is 31.0. The van der Waals surface area contributed by atoms with Crippen LogP contribution < -0.4 is 0 Å². The molecule has 5 rings (SSSR count). The van der Waals surface area contributed by atoms with Gasteiger partial charge in [-0.2, -0.15) is 0 Å². The first-order chi connectivity index (χ1) is 19.7. The highest BCUT2D eigenvalue weighted by Gasteiger charge is 2.30. The lowest BCUT2D eigenvalue weighted by molar-refractivity contribution is -0.384. The maximum Gasteiger partial charge on any atom is 0.289 e. The van der Waals surface area contributed by atoms with Gasteiger partial charge in [0.15, 0.2) is 5.76 Å². The Bertz CT molecular complexity index is 1600. The number of nitro groups is 1. The molecule has 8 nitrogen and oxygen atoms in total. The first-order valence-corrected chi connectivity index (χ1v) is 15.1. The van der Waals surface area contributed by atoms with Crippen molar-refractivity contribution in [1.82, 2.24) is 9.88 Å². The number of hydrogen-bond acceptors (Lipinski definition) is 7. The van der Waals surface area contributed by atoms with Crippen LogP contribution >= 0.6 is 11.3 Å². The molecule has 1 amide bonds. The zero-order valence-corrected chi connectivity index (χ0v) is 25.7. The van der Waals surface area contributed by atoms with Crippen LogP contribution in [0.25, 0.3) is 22.6 Å². The SMILES string of the molecule is CC(C)(C)c1cc(-c2csc(C3CCN(C(=O)c4ccc(-c5ccccc5[N+](=O)[O-])o4)CC3)n2)cc(C(C)(C)C)c1O. The Hall–Kier alpha value is -3.98. The lowest BCUT2D eigenvalue weighted by Gasteiger charge is -2.30. The Labute approximate surface area is 250 Å². The number of para-hydroxylation sites is 1. The fraction of sp³-hybridized carbons (Fsp3) is 0.394. The summed E-state index contributed by atoms with van der Waals surface area (Å²) in [5.74, 6) is 0.862. The van der Waals surface area contributed by atoms with Crippen LogP contribution in [0, 0.1) is 10.1 Å². The van der Waals surface area contributed by atoms with Gasteiger partial charge in [-0.25, -0.2) is 4.98 Å². The molecule has 0 atom stereocenters. The number of likely N-dealkylation sites (tertiary alicyclic amines) is 1. The molecule has 0 unspecified atom stereocenters. The van der Waals surface area contributed by atoms with Crippen molar-refractivity contribution in [3.05, 3.63) is 85.9 Å². The minimum Gasteiger partial charge on any atom is -0.507 e. The second-order valence-corrected chi connectivity index (χ2v) is 13.9. The standard InChI is InChI=1S/C33H37N3O5S/c1-32(2,3)23-17-21(18-24(29(23)37)33(4,5)6)25-19-42-30(34-25)20-13-15-35(16-14-20)31(38)28-12-11-27(41-28)22-9-7-8-10-26(22)36(39)40/h7-12,17-20,37H,13-16H2,1-6H3. The summed E-state index contributed by atoms with van der Waals surface area (Å²) in [6.45, 7) is 13.8. The average Bonchev–Trinajstić information content (AvgIpc) is 3.62. The number of aromatic hydroxyl groups is 1. The molecule has 0 spiro atoms. The zero-order valence-electron chi connectivity index (χ0n) is 24.9. The van der Waals surface area contributed by atoms with Gasteiger partial charge in [-0.3, -0.25) is 14.9 Å². The van der Waals surface area contributed by atoms with E-state index in [2.05, 4.69) is 59.1 Å². The molecule has 1 N–H and O–H groups in total. The molecule has 9 heteroatoms. The summed E-state index contributed by atoms with van der Waals surface area (Å²) in [6.07, 6.45) is 1.57. The van der Waals surface area contributed by atoms with Gasteiger partial charge in [0.1, 0.15) is 11.5 Å². The molecule has 1 fully saturated rings. The van der Waals surface area contributed by atoms with Crippen LogP contribution in [0.2, 0.25) is 0 Å². The summed E-state index contributed by atoms with van der Waals surface area (Å²) < 4.78 is 5.79. The van der Waals surface area contributed by atoms with E-state index < -0.39 is 4.92 Å². The molecule has 2 aromatic carbocycles. The van der Waals surface area contributed by atoms with Gasteiger partial charge < -0.3 is 14.4 Å². The number of carbonyl (C=O) groups is 1. The largest absolute Gasteiger partial charge is 0.507 e. The number of furan rings is 1. The molecule has 1 aliphatic heterocycles. The number of amides is 1. The van der Waals surface area contributed by atoms with E-state index in [-0.39, 0.29) is 34.1 Å². The van der Waals surface area contributed by atoms with E-state index in [4.69, 9.17) is 9.40 Å². The molecular weight excluding hydrogens is 550 g/mol. The van der Waals surface area contributed by atoms with Gasteiger partial charge in [0.25, 0.3) is 11.6 Å². The van der Waals surface area contributed by atoms with E-state index in [9.17, 15) is 20.0 Å². The molecule has 0 radical (unpaired) electrons. The minimum atomic E-state index is -0.456. The molecule has 1 saturated heterocycles. The monoisotopic (exact) mass is 587 g/mol. The maximum atomic E-state index is 13.2. The number of phenolic OH excluding ortho intramolecular Hbond substituents is 1. The summed E-state index contributed by atoms with van der Waals surface area (Å²) in [6, 6.07) is 13.7. The molecule has 220 valence electrons. The summed E-state index contributed by atoms with van der Waals surface area (Å²) in [5.41, 5.74) is 3.58. The van der Waals surface area contributed by atoms with Crippen LogP contribution in [-0.4, -0.2) is 38.9 Å². The highest BCUT2D eigenvalue weighted by molar-refractivity contribution is 7.10. The number of rotatable bonds is 5. The normalized spacial score (nSPS) is 14.8. The van der Waals surface area contributed by atoms with E-state index in [1.807, 2.05) is 0 Å². The van der Waals surface area contributed by atoms with Crippen molar-refractivity contribution in [3.8, 4) is 28.3 Å². The Kier molecular flexibility index (Phi) is 7.74. The summed E-state index contributed by atoms with van der Waals surface area (Å²) >= 11 is 1.64. The van der Waals surface area contributed by atoms with Crippen molar-refractivity contribution in [3.63, 3.8) is 0 Å². The maximum absolute atomic E-state index is 13.2. The summed E-state index contributed by atoms with van der Waals surface area (Å²) in [7, 11) is 0. The number of phenols is 1. The molecule has 0 bridgehead atoms. The highest BCUT2D eigenvalue weighted by atomic mass is 32.1. The topological polar surface area (TPSA) is 110 Å². The van der Waals surface area contributed by atoms with Crippen molar-refractivity contribution in [2.75, 3.05) is 13.1 Å². The number of nitrogens with zero attached hydrogens (tertiary/aromatic N) is 3. The van der Waals surface area contributed by atoms with Crippen molar-refractivity contribution < 1.29 is 19.2 Å². The second kappa shape index (κ2) is 11.0. The molecule has 1 aliphatic rings. The third kappa shape index (κ3) is 5.83. The molecule has 0 aliphatic carbocycles. The van der Waals surface area contributed by atoms with Gasteiger partial charge in [0.05, 0.1) is 21.2 Å². The van der Waals surface area contributed by atoms with Crippen LogP contribution in [0.3, 0.4) is 0 Å². The molecule has 2 aromatic heterocycles. The first kappa shape index (κ1) is 29.5. The van der Waals surface area contributed by atoms with Crippen LogP contribution in [0.1, 0.15) is 87.0 Å². The predicted molar refractivity (Wildman–Crippen MR) is 165 cm³/mol. The Morgan fingerprint density at radius 1 is 1.02 bits per heavy atom. The van der Waals surface area contributed by atoms with Crippen molar-refractivity contribution >= 4 is 22.9 Å².